The zero-order chi connectivity index (χ0) is 30.0. The van der Waals surface area contributed by atoms with E-state index in [4.69, 9.17) is 13.3 Å². The summed E-state index contributed by atoms with van der Waals surface area (Å²) in [5.41, 5.74) is 5.90. The van der Waals surface area contributed by atoms with Crippen LogP contribution in [0.4, 0.5) is 0 Å². The lowest BCUT2D eigenvalue weighted by Gasteiger charge is -2.16. The standard InChI is InChI=1S/C42H12O3S3/c1-4-13-16-10-46-40-25(16)28-31-29-26-17(11-47-41(26)37-34(31)22(13)19(7-1)43-37)14-5-2-9-21-24(14)36-33(29)30-27-18(12-48-42(27)39(36)45-21)15-6-3-8-20-23(15)35(32(28)30)38(40)44-20/h1-12H. The summed E-state index contributed by atoms with van der Waals surface area (Å²) in [7, 11) is 0. The first-order valence-corrected chi connectivity index (χ1v) is 18.8. The number of fused-ring (bicyclic) bond motifs is 6. The van der Waals surface area contributed by atoms with E-state index in [-0.39, 0.29) is 0 Å². The molecule has 3 nitrogen and oxygen atoms in total. The molecule has 0 aliphatic heterocycles. The Hall–Kier alpha value is -5.40. The van der Waals surface area contributed by atoms with E-state index in [1.165, 1.54) is 127 Å². The Kier molecular flexibility index (Phi) is 3.02. The fourth-order valence-corrected chi connectivity index (χ4v) is 13.7. The van der Waals surface area contributed by atoms with Gasteiger partial charge in [0.25, 0.3) is 0 Å². The van der Waals surface area contributed by atoms with Gasteiger partial charge in [-0.05, 0) is 50.5 Å². The van der Waals surface area contributed by atoms with Crippen LogP contribution in [0, 0.1) is 0 Å². The van der Waals surface area contributed by atoms with Crippen LogP contribution in [-0.4, -0.2) is 0 Å². The van der Waals surface area contributed by atoms with Crippen LogP contribution in [0.15, 0.2) is 84.0 Å². The van der Waals surface area contributed by atoms with Gasteiger partial charge in [0.1, 0.15) is 16.7 Å². The van der Waals surface area contributed by atoms with Gasteiger partial charge < -0.3 is 13.3 Å². The Morgan fingerprint density at radius 2 is 0.604 bits per heavy atom. The van der Waals surface area contributed by atoms with Crippen molar-refractivity contribution in [1.82, 2.24) is 0 Å². The highest BCUT2D eigenvalue weighted by Gasteiger charge is 2.34. The van der Waals surface area contributed by atoms with Crippen LogP contribution in [0.2, 0.25) is 0 Å². The topological polar surface area (TPSA) is 39.4 Å². The van der Waals surface area contributed by atoms with Crippen molar-refractivity contribution in [3.8, 4) is 0 Å². The van der Waals surface area contributed by atoms with Gasteiger partial charge in [0, 0.05) is 97.0 Å². The molecule has 16 rings (SSSR count). The summed E-state index contributed by atoms with van der Waals surface area (Å²) < 4.78 is 24.7. The molecule has 0 atom stereocenters. The van der Waals surface area contributed by atoms with E-state index in [9.17, 15) is 0 Å². The monoisotopic (exact) mass is 660 g/mol. The van der Waals surface area contributed by atoms with Crippen LogP contribution in [-0.2, 0) is 0 Å². The Labute approximate surface area is 277 Å². The summed E-state index contributed by atoms with van der Waals surface area (Å²) in [6.45, 7) is 0. The first-order valence-electron chi connectivity index (χ1n) is 16.1. The van der Waals surface area contributed by atoms with E-state index in [0.29, 0.717) is 0 Å². The Bertz CT molecular complexity index is 3630. The Morgan fingerprint density at radius 1 is 0.292 bits per heavy atom. The normalized spacial score (nSPS) is 14.2. The lowest BCUT2D eigenvalue weighted by molar-refractivity contribution is 0.673. The van der Waals surface area contributed by atoms with Crippen molar-refractivity contribution >= 4 is 195 Å². The SMILES string of the molecule is c1cc2oc3c4scc5c6cccc7oc8c9scc%10c%11cccc%12oc%13c%14scc%15c(c1)c2c3c1c(c54)c(c8c76)c(c%109)c(c%13c%12%11)c1c%15%14. The molecule has 6 aromatic heterocycles. The second-order valence-corrected chi connectivity index (χ2v) is 16.4. The minimum Gasteiger partial charge on any atom is -0.454 e. The van der Waals surface area contributed by atoms with E-state index < -0.39 is 0 Å². The van der Waals surface area contributed by atoms with Gasteiger partial charge in [0.2, 0.25) is 0 Å². The molecule has 216 valence electrons. The molecule has 10 aromatic carbocycles. The van der Waals surface area contributed by atoms with Gasteiger partial charge in [-0.15, -0.1) is 34.0 Å². The zero-order valence-corrected chi connectivity index (χ0v) is 26.8. The first-order chi connectivity index (χ1) is 23.8. The first kappa shape index (κ1) is 22.2. The van der Waals surface area contributed by atoms with Crippen molar-refractivity contribution in [1.29, 1.82) is 0 Å². The summed E-state index contributed by atoms with van der Waals surface area (Å²) in [4.78, 5) is 0. The molecule has 48 heavy (non-hydrogen) atoms. The van der Waals surface area contributed by atoms with Gasteiger partial charge in [0.05, 0.1) is 14.1 Å². The summed E-state index contributed by atoms with van der Waals surface area (Å²) in [5, 5.41) is 34.1. The van der Waals surface area contributed by atoms with Gasteiger partial charge >= 0.3 is 0 Å². The van der Waals surface area contributed by atoms with Crippen LogP contribution in [0.1, 0.15) is 0 Å². The third-order valence-electron chi connectivity index (χ3n) is 12.0. The molecule has 0 spiro atoms. The molecule has 0 aliphatic rings. The molecule has 0 N–H and O–H groups in total. The summed E-state index contributed by atoms with van der Waals surface area (Å²) >= 11 is 5.47. The lowest BCUT2D eigenvalue weighted by atomic mass is 9.86. The second kappa shape index (κ2) is 6.51. The van der Waals surface area contributed by atoms with E-state index in [1.54, 1.807) is 0 Å². The van der Waals surface area contributed by atoms with Gasteiger partial charge in [0.15, 0.2) is 16.7 Å². The van der Waals surface area contributed by atoms with Gasteiger partial charge in [-0.3, -0.25) is 0 Å². The molecular formula is C42H12O3S3. The highest BCUT2D eigenvalue weighted by Crippen LogP contribution is 2.62. The van der Waals surface area contributed by atoms with Gasteiger partial charge in [-0.25, -0.2) is 0 Å². The molecule has 0 unspecified atom stereocenters. The van der Waals surface area contributed by atoms with Crippen molar-refractivity contribution in [2.24, 2.45) is 0 Å². The molecule has 0 fully saturated rings. The zero-order valence-electron chi connectivity index (χ0n) is 24.4. The third kappa shape index (κ3) is 1.89. The van der Waals surface area contributed by atoms with Crippen LogP contribution in [0.25, 0.3) is 161 Å². The van der Waals surface area contributed by atoms with E-state index >= 15 is 0 Å². The molecular weight excluding hydrogens is 649 g/mol. The average Bonchev–Trinajstić information content (AvgIpc) is 3.94. The number of hydrogen-bond acceptors (Lipinski definition) is 6. The maximum atomic E-state index is 7.00. The highest BCUT2D eigenvalue weighted by atomic mass is 32.1. The number of benzene rings is 7. The van der Waals surface area contributed by atoms with Crippen LogP contribution >= 0.6 is 34.0 Å². The average molecular weight is 661 g/mol. The minimum atomic E-state index is 0.955. The molecule has 0 radical (unpaired) electrons. The maximum Gasteiger partial charge on any atom is 0.153 e. The fraction of sp³-hybridized carbons (Fsp3) is 0. The molecule has 0 amide bonds. The summed E-state index contributed by atoms with van der Waals surface area (Å²) in [6, 6.07) is 19.8. The fourth-order valence-electron chi connectivity index (χ4n) is 10.5. The smallest absolute Gasteiger partial charge is 0.153 e. The molecule has 0 bridgehead atoms. The summed E-state index contributed by atoms with van der Waals surface area (Å²) in [5.74, 6) is 0. The maximum absolute atomic E-state index is 7.00. The van der Waals surface area contributed by atoms with E-state index in [0.717, 1.165) is 33.5 Å². The predicted octanol–water partition coefficient (Wildman–Crippen LogP) is 14.6. The number of furan rings is 3. The number of rotatable bonds is 0. The summed E-state index contributed by atoms with van der Waals surface area (Å²) in [6.07, 6.45) is 0. The molecule has 16 aromatic rings. The predicted molar refractivity (Wildman–Crippen MR) is 207 cm³/mol. The molecule has 0 saturated carbocycles. The van der Waals surface area contributed by atoms with E-state index in [1.807, 2.05) is 34.0 Å². The van der Waals surface area contributed by atoms with Crippen LogP contribution in [0.5, 0.6) is 0 Å². The quantitative estimate of drug-likeness (QED) is 0.152. The van der Waals surface area contributed by atoms with Crippen LogP contribution < -0.4 is 0 Å². The van der Waals surface area contributed by atoms with Crippen molar-refractivity contribution < 1.29 is 13.3 Å². The lowest BCUT2D eigenvalue weighted by Crippen LogP contribution is -1.88. The van der Waals surface area contributed by atoms with Crippen molar-refractivity contribution in [2.75, 3.05) is 0 Å². The molecule has 6 heteroatoms. The van der Waals surface area contributed by atoms with Gasteiger partial charge in [-0.1, -0.05) is 36.4 Å². The number of hydrogen-bond donors (Lipinski definition) is 0. The van der Waals surface area contributed by atoms with Gasteiger partial charge in [-0.2, -0.15) is 0 Å². The third-order valence-corrected chi connectivity index (χ3v) is 14.9. The molecule has 0 aliphatic carbocycles. The van der Waals surface area contributed by atoms with E-state index in [2.05, 4.69) is 70.7 Å². The number of thiophene rings is 3. The van der Waals surface area contributed by atoms with Crippen molar-refractivity contribution in [2.45, 2.75) is 0 Å². The van der Waals surface area contributed by atoms with Crippen molar-refractivity contribution in [3.63, 3.8) is 0 Å². The largest absolute Gasteiger partial charge is 0.454 e. The van der Waals surface area contributed by atoms with Crippen molar-refractivity contribution in [3.05, 3.63) is 70.7 Å². The molecule has 0 saturated heterocycles. The highest BCUT2D eigenvalue weighted by molar-refractivity contribution is 7.21. The minimum absolute atomic E-state index is 0.955. The Morgan fingerprint density at radius 3 is 0.938 bits per heavy atom. The Balaban J connectivity index is 1.52. The second-order valence-electron chi connectivity index (χ2n) is 13.8. The van der Waals surface area contributed by atoms with Crippen LogP contribution in [0.3, 0.4) is 0 Å². The molecule has 6 heterocycles.